The van der Waals surface area contributed by atoms with E-state index in [1.54, 1.807) is 12.1 Å². The van der Waals surface area contributed by atoms with Gasteiger partial charge in [-0.25, -0.2) is 0 Å². The first-order chi connectivity index (χ1) is 12.7. The molecule has 1 aliphatic carbocycles. The largest absolute Gasteiger partial charge is 0.493 e. The Hall–Kier alpha value is -2.26. The Bertz CT molecular complexity index is 782. The molecular weight excluding hydrogens is 342 g/mol. The van der Waals surface area contributed by atoms with Crippen molar-refractivity contribution in [3.05, 3.63) is 17.7 Å². The van der Waals surface area contributed by atoms with Gasteiger partial charge in [-0.1, -0.05) is 20.8 Å². The molecule has 2 bridgehead atoms. The number of hydrogen-bond acceptors (Lipinski definition) is 5. The predicted octanol–water partition coefficient (Wildman–Crippen LogP) is 3.41. The fraction of sp³-hybridized carbons (Fsp3) is 0.619. The van der Waals surface area contributed by atoms with Crippen LogP contribution in [0.15, 0.2) is 12.1 Å². The molecule has 2 atom stereocenters. The van der Waals surface area contributed by atoms with Gasteiger partial charge < -0.3 is 14.8 Å². The highest BCUT2D eigenvalue weighted by atomic mass is 16.5. The van der Waals surface area contributed by atoms with Crippen molar-refractivity contribution in [2.75, 3.05) is 32.6 Å². The van der Waals surface area contributed by atoms with E-state index in [1.807, 2.05) is 0 Å². The van der Waals surface area contributed by atoms with E-state index in [2.05, 4.69) is 37.1 Å². The summed E-state index contributed by atoms with van der Waals surface area (Å²) in [7, 11) is 3.05. The first kappa shape index (κ1) is 19.5. The zero-order valence-electron chi connectivity index (χ0n) is 16.9. The predicted molar refractivity (Wildman–Crippen MR) is 104 cm³/mol. The van der Waals surface area contributed by atoms with Crippen molar-refractivity contribution >= 4 is 11.6 Å². The van der Waals surface area contributed by atoms with E-state index in [1.165, 1.54) is 14.2 Å². The second-order valence-corrected chi connectivity index (χ2v) is 8.64. The van der Waals surface area contributed by atoms with Crippen molar-refractivity contribution in [2.45, 2.75) is 46.1 Å². The normalized spacial score (nSPS) is 26.3. The molecule has 6 heteroatoms. The fourth-order valence-electron chi connectivity index (χ4n) is 4.63. The number of benzene rings is 1. The summed E-state index contributed by atoms with van der Waals surface area (Å²) in [5.74, 6) is 0.848. The van der Waals surface area contributed by atoms with Crippen molar-refractivity contribution < 1.29 is 14.3 Å². The highest BCUT2D eigenvalue weighted by Gasteiger charge is 2.53. The molecule has 1 aromatic carbocycles. The van der Waals surface area contributed by atoms with Gasteiger partial charge in [0.25, 0.3) is 0 Å². The molecule has 3 rings (SSSR count). The molecule has 0 radical (unpaired) electrons. The summed E-state index contributed by atoms with van der Waals surface area (Å²) in [6, 6.07) is 5.78. The highest BCUT2D eigenvalue weighted by Crippen LogP contribution is 2.58. The van der Waals surface area contributed by atoms with E-state index in [4.69, 9.17) is 9.47 Å². The molecule has 1 amide bonds. The zero-order valence-corrected chi connectivity index (χ0v) is 16.9. The lowest BCUT2D eigenvalue weighted by Gasteiger charge is -2.41. The van der Waals surface area contributed by atoms with Gasteiger partial charge >= 0.3 is 0 Å². The van der Waals surface area contributed by atoms with E-state index in [0.29, 0.717) is 46.2 Å². The molecule has 1 N–H and O–H groups in total. The topological polar surface area (TPSA) is 74.6 Å². The Morgan fingerprint density at radius 1 is 1.26 bits per heavy atom. The second-order valence-electron chi connectivity index (χ2n) is 8.64. The molecule has 1 aromatic rings. The third-order valence-electron chi connectivity index (χ3n) is 6.80. The van der Waals surface area contributed by atoms with Crippen molar-refractivity contribution in [1.29, 1.82) is 5.26 Å². The molecule has 1 saturated heterocycles. The van der Waals surface area contributed by atoms with Crippen LogP contribution in [-0.4, -0.2) is 44.2 Å². The second kappa shape index (κ2) is 7.05. The number of rotatable bonds is 5. The Kier molecular flexibility index (Phi) is 5.09. The van der Waals surface area contributed by atoms with Gasteiger partial charge in [0, 0.05) is 18.2 Å². The zero-order chi connectivity index (χ0) is 19.8. The maximum Gasteiger partial charge on any atom is 0.238 e. The number of nitrogens with zero attached hydrogens (tertiary/aromatic N) is 2. The van der Waals surface area contributed by atoms with Crippen LogP contribution in [-0.2, 0) is 4.79 Å². The van der Waals surface area contributed by atoms with E-state index in [9.17, 15) is 10.1 Å². The summed E-state index contributed by atoms with van der Waals surface area (Å²) < 4.78 is 10.5. The van der Waals surface area contributed by atoms with Gasteiger partial charge in [0.1, 0.15) is 6.07 Å². The number of hydrogen-bond donors (Lipinski definition) is 1. The summed E-state index contributed by atoms with van der Waals surface area (Å²) in [6.45, 7) is 8.36. The number of nitrogens with one attached hydrogen (secondary N) is 1. The number of methoxy groups -OCH3 is 2. The van der Waals surface area contributed by atoms with E-state index in [0.717, 1.165) is 25.8 Å². The van der Waals surface area contributed by atoms with Gasteiger partial charge in [0.2, 0.25) is 5.91 Å². The number of nitriles is 1. The molecular formula is C21H29N3O3. The van der Waals surface area contributed by atoms with Crippen LogP contribution in [0.1, 0.15) is 45.6 Å². The number of anilines is 1. The standard InChI is InChI=1S/C21H29N3O3/c1-20(2)10-15-11-21(20,3)6-7-24(15)13-19(25)23-16-9-18(27-5)17(26-4)8-14(16)12-22/h8-9,15H,6-7,10-11,13H2,1-5H3,(H,23,25)/t15-,21+/m0/s1. The number of carbonyl (C=O) groups is 1. The third kappa shape index (κ3) is 3.49. The quantitative estimate of drug-likeness (QED) is 0.858. The molecule has 1 heterocycles. The highest BCUT2D eigenvalue weighted by molar-refractivity contribution is 5.94. The molecule has 0 unspecified atom stereocenters. The summed E-state index contributed by atoms with van der Waals surface area (Å²) in [4.78, 5) is 15.0. The van der Waals surface area contributed by atoms with Crippen molar-refractivity contribution in [2.24, 2.45) is 10.8 Å². The number of fused-ring (bicyclic) bond motifs is 2. The smallest absolute Gasteiger partial charge is 0.238 e. The van der Waals surface area contributed by atoms with Crippen LogP contribution in [0.25, 0.3) is 0 Å². The fourth-order valence-corrected chi connectivity index (χ4v) is 4.63. The Morgan fingerprint density at radius 2 is 1.93 bits per heavy atom. The summed E-state index contributed by atoms with van der Waals surface area (Å²) in [5, 5.41) is 12.3. The average molecular weight is 371 g/mol. The van der Waals surface area contributed by atoms with Crippen molar-refractivity contribution in [1.82, 2.24) is 4.90 Å². The number of ether oxygens (including phenoxy) is 2. The monoisotopic (exact) mass is 371 g/mol. The number of carbonyl (C=O) groups excluding carboxylic acids is 1. The van der Waals surface area contributed by atoms with Gasteiger partial charge in [0.15, 0.2) is 11.5 Å². The van der Waals surface area contributed by atoms with Crippen LogP contribution in [0.3, 0.4) is 0 Å². The summed E-state index contributed by atoms with van der Waals surface area (Å²) >= 11 is 0. The molecule has 2 fully saturated rings. The Labute approximate surface area is 161 Å². The first-order valence-corrected chi connectivity index (χ1v) is 9.43. The summed E-state index contributed by atoms with van der Waals surface area (Å²) in [5.41, 5.74) is 1.48. The van der Waals surface area contributed by atoms with Crippen LogP contribution in [0.2, 0.25) is 0 Å². The number of amides is 1. The molecule has 0 spiro atoms. The van der Waals surface area contributed by atoms with Gasteiger partial charge in [-0.15, -0.1) is 0 Å². The van der Waals surface area contributed by atoms with Gasteiger partial charge in [-0.05, 0) is 36.6 Å². The maximum absolute atomic E-state index is 12.7. The SMILES string of the molecule is COc1cc(C#N)c(NC(=O)CN2CC[C@]3(C)C[C@@H]2CC3(C)C)cc1OC. The van der Waals surface area contributed by atoms with Crippen LogP contribution in [0, 0.1) is 22.2 Å². The van der Waals surface area contributed by atoms with Crippen LogP contribution in [0.5, 0.6) is 11.5 Å². The van der Waals surface area contributed by atoms with Crippen molar-refractivity contribution in [3.8, 4) is 17.6 Å². The molecule has 146 valence electrons. The Balaban J connectivity index is 1.71. The first-order valence-electron chi connectivity index (χ1n) is 9.43. The number of likely N-dealkylation sites (tertiary alicyclic amines) is 1. The van der Waals surface area contributed by atoms with E-state index >= 15 is 0 Å². The van der Waals surface area contributed by atoms with Gasteiger partial charge in [0.05, 0.1) is 32.0 Å². The maximum atomic E-state index is 12.7. The number of piperidine rings is 1. The van der Waals surface area contributed by atoms with Crippen LogP contribution in [0.4, 0.5) is 5.69 Å². The van der Waals surface area contributed by atoms with Crippen LogP contribution >= 0.6 is 0 Å². The van der Waals surface area contributed by atoms with Gasteiger partial charge in [-0.3, -0.25) is 9.69 Å². The molecule has 6 nitrogen and oxygen atoms in total. The molecule has 1 saturated carbocycles. The van der Waals surface area contributed by atoms with Crippen molar-refractivity contribution in [3.63, 3.8) is 0 Å². The minimum atomic E-state index is -0.105. The third-order valence-corrected chi connectivity index (χ3v) is 6.80. The minimum absolute atomic E-state index is 0.105. The molecule has 1 aliphatic heterocycles. The molecule has 27 heavy (non-hydrogen) atoms. The minimum Gasteiger partial charge on any atom is -0.493 e. The lowest BCUT2D eigenvalue weighted by Crippen LogP contribution is -2.45. The average Bonchev–Trinajstić information content (AvgIpc) is 2.82. The Morgan fingerprint density at radius 3 is 2.56 bits per heavy atom. The lowest BCUT2D eigenvalue weighted by molar-refractivity contribution is -0.118. The lowest BCUT2D eigenvalue weighted by atomic mass is 9.67. The van der Waals surface area contributed by atoms with Gasteiger partial charge in [-0.2, -0.15) is 5.26 Å². The van der Waals surface area contributed by atoms with Crippen LogP contribution < -0.4 is 14.8 Å². The van der Waals surface area contributed by atoms with E-state index < -0.39 is 0 Å². The van der Waals surface area contributed by atoms with E-state index in [-0.39, 0.29) is 5.91 Å². The molecule has 2 aliphatic rings. The molecule has 0 aromatic heterocycles. The summed E-state index contributed by atoms with van der Waals surface area (Å²) in [6.07, 6.45) is 3.38.